The minimum atomic E-state index is -1.23. The zero-order chi connectivity index (χ0) is 15.6. The number of rotatable bonds is 5. The van der Waals surface area contributed by atoms with Crippen molar-refractivity contribution in [2.24, 2.45) is 0 Å². The second kappa shape index (κ2) is 6.89. The summed E-state index contributed by atoms with van der Waals surface area (Å²) in [4.78, 5) is 0. The second-order valence-electron chi connectivity index (χ2n) is 6.08. The van der Waals surface area contributed by atoms with Crippen molar-refractivity contribution >= 4 is 20.7 Å². The molecule has 0 saturated heterocycles. The number of hydrogen-bond donors (Lipinski definition) is 0. The van der Waals surface area contributed by atoms with Gasteiger partial charge in [-0.05, 0) is 0 Å². The predicted octanol–water partition coefficient (Wildman–Crippen LogP) is 5.53. The Kier molecular flexibility index (Phi) is 4.67. The van der Waals surface area contributed by atoms with Crippen LogP contribution < -0.4 is 0 Å². The van der Waals surface area contributed by atoms with Crippen LogP contribution in [0.15, 0.2) is 60.7 Å². The fourth-order valence-electron chi connectivity index (χ4n) is 3.71. The summed E-state index contributed by atoms with van der Waals surface area (Å²) in [5, 5.41) is 0. The molecule has 0 aromatic heterocycles. The summed E-state index contributed by atoms with van der Waals surface area (Å²) >= 11 is -1.23. The Morgan fingerprint density at radius 2 is 1.57 bits per heavy atom. The minimum absolute atomic E-state index is 0.166. The number of allylic oxidation sites excluding steroid dienone is 1. The fourth-order valence-corrected chi connectivity index (χ4v) is 5.26. The van der Waals surface area contributed by atoms with E-state index in [4.69, 9.17) is 11.3 Å². The van der Waals surface area contributed by atoms with Gasteiger partial charge in [-0.1, -0.05) is 0 Å². The van der Waals surface area contributed by atoms with E-state index in [1.807, 2.05) is 0 Å². The molecule has 1 nitrogen and oxygen atoms in total. The van der Waals surface area contributed by atoms with Gasteiger partial charge in [0.2, 0.25) is 0 Å². The van der Waals surface area contributed by atoms with Gasteiger partial charge in [0.25, 0.3) is 0 Å². The van der Waals surface area contributed by atoms with Gasteiger partial charge in [0.1, 0.15) is 0 Å². The molecule has 3 unspecified atom stereocenters. The zero-order valence-corrected chi connectivity index (χ0v) is 15.9. The SMILES string of the molecule is [Cl][Zr][O]C(CC1C=Cc2ccccc21)C1C=Cc2ccccc21. The molecule has 0 aliphatic heterocycles. The van der Waals surface area contributed by atoms with Gasteiger partial charge in [0.15, 0.2) is 0 Å². The van der Waals surface area contributed by atoms with Gasteiger partial charge in [0.05, 0.1) is 0 Å². The number of hydrogen-bond acceptors (Lipinski definition) is 1. The monoisotopic (exact) mass is 398 g/mol. The first kappa shape index (κ1) is 15.6. The molecule has 2 aromatic carbocycles. The number of benzene rings is 2. The van der Waals surface area contributed by atoms with Crippen molar-refractivity contribution in [2.45, 2.75) is 24.4 Å². The second-order valence-corrected chi connectivity index (χ2v) is 7.95. The third-order valence-electron chi connectivity index (χ3n) is 4.82. The van der Waals surface area contributed by atoms with E-state index in [0.717, 1.165) is 6.42 Å². The van der Waals surface area contributed by atoms with Crippen molar-refractivity contribution < 1.29 is 25.3 Å². The summed E-state index contributed by atoms with van der Waals surface area (Å²) in [7, 11) is 6.09. The van der Waals surface area contributed by atoms with Gasteiger partial charge in [-0.15, -0.1) is 0 Å². The Balaban J connectivity index is 1.59. The van der Waals surface area contributed by atoms with Crippen molar-refractivity contribution in [3.05, 3.63) is 82.9 Å². The van der Waals surface area contributed by atoms with Crippen LogP contribution in [0.5, 0.6) is 0 Å². The van der Waals surface area contributed by atoms with Crippen molar-refractivity contribution in [3.8, 4) is 0 Å². The standard InChI is InChI=1S/C20H17O.ClH.Zr/c21-20(19-12-11-15-6-2-4-8-18(15)19)13-16-10-9-14-5-1-3-7-17(14)16;;/h1-12,16,19-20H,13H2;1H;/q-1;;+2/p-1. The van der Waals surface area contributed by atoms with Crippen molar-refractivity contribution in [1.82, 2.24) is 0 Å². The average Bonchev–Trinajstić information content (AvgIpc) is 3.19. The fraction of sp³-hybridized carbons (Fsp3) is 0.200. The Bertz CT molecular complexity index is 768. The maximum absolute atomic E-state index is 6.11. The third-order valence-corrected chi connectivity index (χ3v) is 6.31. The van der Waals surface area contributed by atoms with Crippen LogP contribution in [0.1, 0.15) is 40.5 Å². The molecule has 0 bridgehead atoms. The van der Waals surface area contributed by atoms with Crippen LogP contribution in [0.25, 0.3) is 12.2 Å². The van der Waals surface area contributed by atoms with Crippen LogP contribution in [-0.2, 0) is 25.3 Å². The molecule has 23 heavy (non-hydrogen) atoms. The van der Waals surface area contributed by atoms with Gasteiger partial charge in [-0.2, -0.15) is 0 Å². The molecule has 0 heterocycles. The number of fused-ring (bicyclic) bond motifs is 2. The van der Waals surface area contributed by atoms with Crippen LogP contribution >= 0.6 is 8.51 Å². The van der Waals surface area contributed by atoms with Crippen LogP contribution in [-0.4, -0.2) is 6.10 Å². The van der Waals surface area contributed by atoms with Crippen molar-refractivity contribution in [2.75, 3.05) is 0 Å². The summed E-state index contributed by atoms with van der Waals surface area (Å²) in [5.74, 6) is 0.756. The molecule has 0 spiro atoms. The van der Waals surface area contributed by atoms with E-state index >= 15 is 0 Å². The first-order valence-corrected chi connectivity index (χ1v) is 12.1. The molecule has 0 saturated carbocycles. The summed E-state index contributed by atoms with van der Waals surface area (Å²) in [6.07, 6.45) is 10.2. The summed E-state index contributed by atoms with van der Waals surface area (Å²) < 4.78 is 6.11. The predicted molar refractivity (Wildman–Crippen MR) is 91.8 cm³/mol. The summed E-state index contributed by atoms with van der Waals surface area (Å²) in [5.41, 5.74) is 5.44. The topological polar surface area (TPSA) is 9.23 Å². The first-order chi connectivity index (χ1) is 11.4. The molecular formula is C20H17ClOZr. The van der Waals surface area contributed by atoms with Crippen LogP contribution in [0.2, 0.25) is 0 Å². The van der Waals surface area contributed by atoms with E-state index in [1.54, 1.807) is 0 Å². The molecular weight excluding hydrogens is 383 g/mol. The van der Waals surface area contributed by atoms with Gasteiger partial charge in [0, 0.05) is 0 Å². The molecule has 0 fully saturated rings. The molecule has 4 rings (SSSR count). The molecule has 2 aliphatic carbocycles. The van der Waals surface area contributed by atoms with Crippen molar-refractivity contribution in [3.63, 3.8) is 0 Å². The zero-order valence-electron chi connectivity index (χ0n) is 12.7. The van der Waals surface area contributed by atoms with Gasteiger partial charge >= 0.3 is 153 Å². The Morgan fingerprint density at radius 3 is 2.35 bits per heavy atom. The average molecular weight is 400 g/mol. The Hall–Kier alpha value is -0.947. The molecule has 2 aromatic rings. The molecule has 0 radical (unpaired) electrons. The molecule has 3 heteroatoms. The van der Waals surface area contributed by atoms with Crippen molar-refractivity contribution in [1.29, 1.82) is 0 Å². The summed E-state index contributed by atoms with van der Waals surface area (Å²) in [6, 6.07) is 17.2. The molecule has 3 atom stereocenters. The van der Waals surface area contributed by atoms with E-state index < -0.39 is 22.5 Å². The maximum atomic E-state index is 6.11. The van der Waals surface area contributed by atoms with Gasteiger partial charge in [-0.3, -0.25) is 0 Å². The quantitative estimate of drug-likeness (QED) is 0.641. The Morgan fingerprint density at radius 1 is 0.913 bits per heavy atom. The van der Waals surface area contributed by atoms with E-state index in [2.05, 4.69) is 72.8 Å². The molecule has 0 amide bonds. The first-order valence-electron chi connectivity index (χ1n) is 7.92. The van der Waals surface area contributed by atoms with E-state index in [9.17, 15) is 0 Å². The van der Waals surface area contributed by atoms with E-state index in [1.165, 1.54) is 22.3 Å². The number of halogens is 1. The summed E-state index contributed by atoms with van der Waals surface area (Å²) in [6.45, 7) is 0. The van der Waals surface area contributed by atoms with E-state index in [-0.39, 0.29) is 6.10 Å². The normalized spacial score (nSPS) is 22.0. The van der Waals surface area contributed by atoms with Crippen LogP contribution in [0.4, 0.5) is 0 Å². The molecule has 0 N–H and O–H groups in total. The van der Waals surface area contributed by atoms with Crippen LogP contribution in [0, 0.1) is 0 Å². The van der Waals surface area contributed by atoms with E-state index in [0.29, 0.717) is 11.8 Å². The van der Waals surface area contributed by atoms with Crippen LogP contribution in [0.3, 0.4) is 0 Å². The molecule has 2 aliphatic rings. The van der Waals surface area contributed by atoms with Gasteiger partial charge < -0.3 is 0 Å². The van der Waals surface area contributed by atoms with Gasteiger partial charge in [-0.25, -0.2) is 0 Å². The third kappa shape index (κ3) is 3.05. The Labute approximate surface area is 152 Å². The molecule has 114 valence electrons.